The molecule has 0 spiro atoms. The zero-order valence-electron chi connectivity index (χ0n) is 11.6. The molecular formula is C15H13ClN4O2. The average molecular weight is 317 g/mol. The number of nitrogens with zero attached hydrogens (tertiary/aromatic N) is 3. The number of aromatic amines is 1. The molecule has 2 aromatic heterocycles. The summed E-state index contributed by atoms with van der Waals surface area (Å²) in [6.45, 7) is 0.713. The molecule has 2 heterocycles. The Morgan fingerprint density at radius 3 is 3.05 bits per heavy atom. The molecule has 1 N–H and O–H groups in total. The van der Waals surface area contributed by atoms with Crippen LogP contribution in [0.15, 0.2) is 41.3 Å². The summed E-state index contributed by atoms with van der Waals surface area (Å²) in [5.41, 5.74) is 1.17. The lowest BCUT2D eigenvalue weighted by Crippen LogP contribution is -2.14. The molecule has 112 valence electrons. The van der Waals surface area contributed by atoms with Crippen LogP contribution in [0.1, 0.15) is 11.4 Å². The molecule has 0 aliphatic heterocycles. The molecule has 3 aromatic rings. The Hall–Kier alpha value is -2.31. The minimum Gasteiger partial charge on any atom is -0.373 e. The van der Waals surface area contributed by atoms with Crippen LogP contribution in [0.4, 0.5) is 0 Å². The molecule has 3 rings (SSSR count). The number of halogens is 1. The van der Waals surface area contributed by atoms with Crippen LogP contribution in [0.3, 0.4) is 0 Å². The van der Waals surface area contributed by atoms with Crippen molar-refractivity contribution in [3.63, 3.8) is 0 Å². The van der Waals surface area contributed by atoms with Crippen molar-refractivity contribution >= 4 is 22.6 Å². The number of rotatable bonds is 5. The van der Waals surface area contributed by atoms with Crippen LogP contribution in [-0.2, 0) is 17.8 Å². The highest BCUT2D eigenvalue weighted by atomic mass is 35.5. The zero-order valence-corrected chi connectivity index (χ0v) is 12.4. The second-order valence-electron chi connectivity index (χ2n) is 4.71. The minimum atomic E-state index is -0.242. The predicted octanol–water partition coefficient (Wildman–Crippen LogP) is 2.13. The van der Waals surface area contributed by atoms with Crippen LogP contribution in [0, 0.1) is 0 Å². The summed E-state index contributed by atoms with van der Waals surface area (Å²) in [4.78, 5) is 18.8. The molecule has 6 nitrogen and oxygen atoms in total. The average Bonchev–Trinajstić information content (AvgIpc) is 2.52. The Kier molecular flexibility index (Phi) is 4.41. The smallest absolute Gasteiger partial charge is 0.260 e. The molecule has 0 amide bonds. The van der Waals surface area contributed by atoms with Gasteiger partial charge >= 0.3 is 0 Å². The molecule has 0 aliphatic carbocycles. The molecule has 0 fully saturated rings. The summed E-state index contributed by atoms with van der Waals surface area (Å²) >= 11 is 5.92. The molecular weight excluding hydrogens is 304 g/mol. The summed E-state index contributed by atoms with van der Waals surface area (Å²) in [5, 5.41) is 8.68. The van der Waals surface area contributed by atoms with E-state index in [9.17, 15) is 4.79 Å². The third-order valence-electron chi connectivity index (χ3n) is 3.11. The lowest BCUT2D eigenvalue weighted by atomic mass is 10.2. The van der Waals surface area contributed by atoms with Gasteiger partial charge in [0.2, 0.25) is 0 Å². The van der Waals surface area contributed by atoms with Gasteiger partial charge in [0.15, 0.2) is 5.65 Å². The van der Waals surface area contributed by atoms with E-state index in [1.54, 1.807) is 6.07 Å². The van der Waals surface area contributed by atoms with Crippen LogP contribution in [0.25, 0.3) is 11.0 Å². The van der Waals surface area contributed by atoms with Gasteiger partial charge in [0.25, 0.3) is 5.56 Å². The summed E-state index contributed by atoms with van der Waals surface area (Å²) in [5.74, 6) is 0.434. The van der Waals surface area contributed by atoms with Gasteiger partial charge in [-0.3, -0.25) is 4.79 Å². The van der Waals surface area contributed by atoms with E-state index in [2.05, 4.69) is 20.2 Å². The first-order chi connectivity index (χ1) is 10.7. The largest absolute Gasteiger partial charge is 0.373 e. The van der Waals surface area contributed by atoms with Crippen molar-refractivity contribution < 1.29 is 4.74 Å². The van der Waals surface area contributed by atoms with E-state index in [0.717, 1.165) is 12.0 Å². The normalized spacial score (nSPS) is 11.0. The van der Waals surface area contributed by atoms with Gasteiger partial charge in [-0.05, 0) is 30.2 Å². The van der Waals surface area contributed by atoms with E-state index in [0.29, 0.717) is 28.5 Å². The maximum Gasteiger partial charge on any atom is 0.260 e. The molecule has 0 unspecified atom stereocenters. The van der Waals surface area contributed by atoms with Gasteiger partial charge in [-0.15, -0.1) is 5.10 Å². The lowest BCUT2D eigenvalue weighted by Gasteiger charge is -2.05. The molecule has 0 saturated carbocycles. The highest BCUT2D eigenvalue weighted by Crippen LogP contribution is 2.11. The quantitative estimate of drug-likeness (QED) is 0.729. The number of hydrogen-bond donors (Lipinski definition) is 1. The number of hydrogen-bond acceptors (Lipinski definition) is 5. The van der Waals surface area contributed by atoms with Gasteiger partial charge in [-0.2, -0.15) is 5.10 Å². The highest BCUT2D eigenvalue weighted by molar-refractivity contribution is 6.30. The van der Waals surface area contributed by atoms with Crippen molar-refractivity contribution in [3.05, 3.63) is 63.3 Å². The van der Waals surface area contributed by atoms with Crippen LogP contribution in [0.5, 0.6) is 0 Å². The van der Waals surface area contributed by atoms with Gasteiger partial charge in [0.1, 0.15) is 12.4 Å². The van der Waals surface area contributed by atoms with E-state index >= 15 is 0 Å². The number of benzene rings is 1. The monoisotopic (exact) mass is 316 g/mol. The van der Waals surface area contributed by atoms with Crippen molar-refractivity contribution in [2.24, 2.45) is 0 Å². The molecule has 0 saturated heterocycles. The Labute approximate surface area is 131 Å². The van der Waals surface area contributed by atoms with Crippen LogP contribution >= 0.6 is 11.6 Å². The summed E-state index contributed by atoms with van der Waals surface area (Å²) in [6, 6.07) is 9.20. The minimum absolute atomic E-state index is 0.211. The van der Waals surface area contributed by atoms with Gasteiger partial charge < -0.3 is 9.72 Å². The Morgan fingerprint density at radius 2 is 2.18 bits per heavy atom. The van der Waals surface area contributed by atoms with Gasteiger partial charge in [0, 0.05) is 5.02 Å². The maximum absolute atomic E-state index is 11.9. The standard InChI is InChI=1S/C15H13ClN4O2/c16-11-3-1-2-10(8-11)5-7-22-9-13-18-14-12(15(21)19-13)4-6-17-20-14/h1-4,6,8H,5,7,9H2,(H,18,19,20,21). The first-order valence-corrected chi connectivity index (χ1v) is 7.13. The summed E-state index contributed by atoms with van der Waals surface area (Å²) in [6.07, 6.45) is 2.19. The van der Waals surface area contributed by atoms with Crippen molar-refractivity contribution in [1.29, 1.82) is 0 Å². The van der Waals surface area contributed by atoms with Crippen molar-refractivity contribution in [2.45, 2.75) is 13.0 Å². The topological polar surface area (TPSA) is 80.8 Å². The Bertz CT molecular complexity index is 850. The van der Waals surface area contributed by atoms with Crippen LogP contribution in [-0.4, -0.2) is 26.8 Å². The third kappa shape index (κ3) is 3.47. The lowest BCUT2D eigenvalue weighted by molar-refractivity contribution is 0.118. The number of nitrogens with one attached hydrogen (secondary N) is 1. The van der Waals surface area contributed by atoms with Gasteiger partial charge in [-0.25, -0.2) is 4.98 Å². The van der Waals surface area contributed by atoms with Crippen LogP contribution in [0.2, 0.25) is 5.02 Å². The zero-order chi connectivity index (χ0) is 15.4. The SMILES string of the molecule is O=c1[nH]c(COCCc2cccc(Cl)c2)nc2nnccc12. The fourth-order valence-electron chi connectivity index (χ4n) is 2.06. The number of fused-ring (bicyclic) bond motifs is 1. The first kappa shape index (κ1) is 14.6. The summed E-state index contributed by atoms with van der Waals surface area (Å²) < 4.78 is 5.54. The molecule has 0 radical (unpaired) electrons. The predicted molar refractivity (Wildman–Crippen MR) is 82.8 cm³/mol. The molecule has 0 atom stereocenters. The Morgan fingerprint density at radius 1 is 1.27 bits per heavy atom. The molecule has 1 aromatic carbocycles. The second kappa shape index (κ2) is 6.64. The molecule has 0 aliphatic rings. The van der Waals surface area contributed by atoms with Crippen molar-refractivity contribution in [2.75, 3.05) is 6.61 Å². The highest BCUT2D eigenvalue weighted by Gasteiger charge is 2.05. The Balaban J connectivity index is 1.61. The van der Waals surface area contributed by atoms with Gasteiger partial charge in [0.05, 0.1) is 18.2 Å². The molecule has 22 heavy (non-hydrogen) atoms. The van der Waals surface area contributed by atoms with E-state index in [1.165, 1.54) is 6.20 Å². The number of ether oxygens (including phenoxy) is 1. The number of H-pyrrole nitrogens is 1. The third-order valence-corrected chi connectivity index (χ3v) is 3.34. The fourth-order valence-corrected chi connectivity index (χ4v) is 2.27. The first-order valence-electron chi connectivity index (χ1n) is 6.75. The van der Waals surface area contributed by atoms with Gasteiger partial charge in [-0.1, -0.05) is 23.7 Å². The molecule has 0 bridgehead atoms. The van der Waals surface area contributed by atoms with E-state index in [1.807, 2.05) is 24.3 Å². The summed E-state index contributed by atoms with van der Waals surface area (Å²) in [7, 11) is 0. The van der Waals surface area contributed by atoms with E-state index in [-0.39, 0.29) is 12.2 Å². The maximum atomic E-state index is 11.9. The fraction of sp³-hybridized carbons (Fsp3) is 0.200. The van der Waals surface area contributed by atoms with Crippen molar-refractivity contribution in [3.8, 4) is 0 Å². The van der Waals surface area contributed by atoms with Crippen molar-refractivity contribution in [1.82, 2.24) is 20.2 Å². The second-order valence-corrected chi connectivity index (χ2v) is 5.15. The molecule has 7 heteroatoms. The number of aromatic nitrogens is 4. The van der Waals surface area contributed by atoms with E-state index < -0.39 is 0 Å². The van der Waals surface area contributed by atoms with E-state index in [4.69, 9.17) is 16.3 Å². The van der Waals surface area contributed by atoms with Crippen LogP contribution < -0.4 is 5.56 Å².